The Labute approximate surface area is 165 Å². The molecule has 0 aliphatic rings. The number of thiocarbonyl (C=S) groups is 1. The van der Waals surface area contributed by atoms with E-state index >= 15 is 0 Å². The number of rotatable bonds is 4. The molecule has 1 heterocycles. The summed E-state index contributed by atoms with van der Waals surface area (Å²) in [6, 6.07) is 12.6. The Morgan fingerprint density at radius 2 is 1.86 bits per heavy atom. The van der Waals surface area contributed by atoms with E-state index in [9.17, 15) is 13.6 Å². The van der Waals surface area contributed by atoms with Crippen LogP contribution in [0.1, 0.15) is 11.3 Å². The molecule has 9 heteroatoms. The summed E-state index contributed by atoms with van der Waals surface area (Å²) in [4.78, 5) is 12.8. The zero-order valence-corrected chi connectivity index (χ0v) is 15.9. The maximum atomic E-state index is 13.2. The number of nitrogens with zero attached hydrogens (tertiary/aromatic N) is 3. The molecule has 0 saturated carbocycles. The zero-order valence-electron chi connectivity index (χ0n) is 15.1. The topological polar surface area (TPSA) is 63.4 Å². The smallest absolute Gasteiger partial charge is 0.295 e. The number of anilines is 1. The molecule has 2 N–H and O–H groups in total. The van der Waals surface area contributed by atoms with E-state index in [0.717, 1.165) is 17.8 Å². The largest absolute Gasteiger partial charge is 0.325 e. The Hall–Kier alpha value is -3.33. The summed E-state index contributed by atoms with van der Waals surface area (Å²) in [5.41, 5.74) is 4.37. The predicted molar refractivity (Wildman–Crippen MR) is 109 cm³/mol. The number of hydrazone groups is 1. The SMILES string of the molecule is Cc1c(NC(=S)N/N=C\c2ccc(F)c(F)c2)c(=O)n(-c2ccccc2)n1C. The Kier molecular flexibility index (Phi) is 5.65. The Bertz CT molecular complexity index is 1110. The molecule has 0 amide bonds. The lowest BCUT2D eigenvalue weighted by molar-refractivity contribution is 0.508. The summed E-state index contributed by atoms with van der Waals surface area (Å²) in [5.74, 6) is -1.90. The van der Waals surface area contributed by atoms with Crippen LogP contribution < -0.4 is 16.3 Å². The van der Waals surface area contributed by atoms with Crippen molar-refractivity contribution in [3.05, 3.63) is 81.8 Å². The van der Waals surface area contributed by atoms with E-state index in [-0.39, 0.29) is 10.7 Å². The van der Waals surface area contributed by atoms with Gasteiger partial charge >= 0.3 is 0 Å². The Morgan fingerprint density at radius 3 is 2.54 bits per heavy atom. The van der Waals surface area contributed by atoms with Gasteiger partial charge in [-0.25, -0.2) is 13.5 Å². The third-order valence-electron chi connectivity index (χ3n) is 4.12. The molecule has 144 valence electrons. The average molecular weight is 401 g/mol. The summed E-state index contributed by atoms with van der Waals surface area (Å²) < 4.78 is 29.3. The number of para-hydroxylation sites is 1. The summed E-state index contributed by atoms with van der Waals surface area (Å²) >= 11 is 5.16. The number of benzene rings is 2. The van der Waals surface area contributed by atoms with E-state index in [1.165, 1.54) is 17.0 Å². The van der Waals surface area contributed by atoms with E-state index in [1.54, 1.807) is 18.7 Å². The second-order valence-electron chi connectivity index (χ2n) is 5.93. The number of aromatic nitrogens is 2. The van der Waals surface area contributed by atoms with Crippen LogP contribution in [0.15, 0.2) is 58.4 Å². The van der Waals surface area contributed by atoms with E-state index in [1.807, 2.05) is 30.3 Å². The highest BCUT2D eigenvalue weighted by atomic mass is 32.1. The summed E-state index contributed by atoms with van der Waals surface area (Å²) in [6.07, 6.45) is 1.29. The number of hydrogen-bond donors (Lipinski definition) is 2. The van der Waals surface area contributed by atoms with Gasteiger partial charge in [0.1, 0.15) is 5.69 Å². The van der Waals surface area contributed by atoms with Gasteiger partial charge < -0.3 is 5.32 Å². The third kappa shape index (κ3) is 3.99. The van der Waals surface area contributed by atoms with Crippen molar-refractivity contribution in [1.29, 1.82) is 0 Å². The molecule has 2 aromatic carbocycles. The Balaban J connectivity index is 1.75. The first-order valence-electron chi connectivity index (χ1n) is 8.27. The average Bonchev–Trinajstić information content (AvgIpc) is 2.88. The molecule has 1 aromatic heterocycles. The van der Waals surface area contributed by atoms with Gasteiger partial charge in [0, 0.05) is 7.05 Å². The van der Waals surface area contributed by atoms with Crippen LogP contribution >= 0.6 is 12.2 Å². The highest BCUT2D eigenvalue weighted by Gasteiger charge is 2.16. The van der Waals surface area contributed by atoms with Crippen LogP contribution in [0.3, 0.4) is 0 Å². The van der Waals surface area contributed by atoms with E-state index in [0.29, 0.717) is 16.9 Å². The van der Waals surface area contributed by atoms with Crippen molar-refractivity contribution in [3.63, 3.8) is 0 Å². The Morgan fingerprint density at radius 1 is 1.14 bits per heavy atom. The molecule has 6 nitrogen and oxygen atoms in total. The van der Waals surface area contributed by atoms with Crippen LogP contribution in [0, 0.1) is 18.6 Å². The van der Waals surface area contributed by atoms with Crippen molar-refractivity contribution in [3.8, 4) is 5.69 Å². The molecule has 0 unspecified atom stereocenters. The predicted octanol–water partition coefficient (Wildman–Crippen LogP) is 3.08. The van der Waals surface area contributed by atoms with Crippen LogP contribution in [0.5, 0.6) is 0 Å². The van der Waals surface area contributed by atoms with Gasteiger partial charge in [0.05, 0.1) is 17.6 Å². The molecule has 0 fully saturated rings. The minimum absolute atomic E-state index is 0.0878. The molecule has 3 rings (SSSR count). The second-order valence-corrected chi connectivity index (χ2v) is 6.34. The van der Waals surface area contributed by atoms with Crippen LogP contribution in [-0.2, 0) is 7.05 Å². The minimum atomic E-state index is -0.967. The summed E-state index contributed by atoms with van der Waals surface area (Å²) in [5, 5.41) is 6.79. The lowest BCUT2D eigenvalue weighted by atomic mass is 10.2. The molecular formula is C19H17F2N5OS. The quantitative estimate of drug-likeness (QED) is 0.401. The number of halogens is 2. The first kappa shape index (κ1) is 19.4. The lowest BCUT2D eigenvalue weighted by Crippen LogP contribution is -2.28. The molecule has 0 radical (unpaired) electrons. The number of hydrogen-bond acceptors (Lipinski definition) is 3. The third-order valence-corrected chi connectivity index (χ3v) is 4.31. The maximum Gasteiger partial charge on any atom is 0.295 e. The molecule has 0 atom stereocenters. The van der Waals surface area contributed by atoms with Crippen molar-refractivity contribution in [1.82, 2.24) is 14.8 Å². The molecule has 3 aromatic rings. The number of nitrogens with one attached hydrogen (secondary N) is 2. The molecule has 0 bridgehead atoms. The summed E-state index contributed by atoms with van der Waals surface area (Å²) in [7, 11) is 1.77. The van der Waals surface area contributed by atoms with Gasteiger partial charge in [-0.2, -0.15) is 5.10 Å². The fourth-order valence-corrected chi connectivity index (χ4v) is 2.77. The fourth-order valence-electron chi connectivity index (χ4n) is 2.61. The molecule has 28 heavy (non-hydrogen) atoms. The second kappa shape index (κ2) is 8.13. The molecule has 0 aliphatic carbocycles. The van der Waals surface area contributed by atoms with Crippen molar-refractivity contribution in [2.75, 3.05) is 5.32 Å². The minimum Gasteiger partial charge on any atom is -0.325 e. The van der Waals surface area contributed by atoms with Crippen molar-refractivity contribution in [2.24, 2.45) is 12.1 Å². The van der Waals surface area contributed by atoms with Gasteiger partial charge in [-0.15, -0.1) is 0 Å². The fraction of sp³-hybridized carbons (Fsp3) is 0.105. The van der Waals surface area contributed by atoms with Gasteiger partial charge in [-0.05, 0) is 49.0 Å². The standard InChI is InChI=1S/C19H17F2N5OS/c1-12-17(18(27)26(25(12)2)14-6-4-3-5-7-14)23-19(28)24-22-11-13-8-9-15(20)16(21)10-13/h3-11H,1-2H3,(H2,23,24,28)/b22-11-. The van der Waals surface area contributed by atoms with E-state index in [4.69, 9.17) is 12.2 Å². The normalized spacial score (nSPS) is 11.0. The lowest BCUT2D eigenvalue weighted by Gasteiger charge is -2.07. The van der Waals surface area contributed by atoms with Crippen LogP contribution in [0.4, 0.5) is 14.5 Å². The van der Waals surface area contributed by atoms with Gasteiger partial charge in [0.15, 0.2) is 16.7 Å². The van der Waals surface area contributed by atoms with Gasteiger partial charge in [-0.1, -0.05) is 24.3 Å². The van der Waals surface area contributed by atoms with Crippen LogP contribution in [0.2, 0.25) is 0 Å². The van der Waals surface area contributed by atoms with Gasteiger partial charge in [0.25, 0.3) is 5.56 Å². The van der Waals surface area contributed by atoms with Crippen molar-refractivity contribution >= 4 is 29.2 Å². The van der Waals surface area contributed by atoms with E-state index < -0.39 is 11.6 Å². The van der Waals surface area contributed by atoms with Crippen molar-refractivity contribution in [2.45, 2.75) is 6.92 Å². The monoisotopic (exact) mass is 401 g/mol. The zero-order chi connectivity index (χ0) is 20.3. The first-order chi connectivity index (χ1) is 13.4. The van der Waals surface area contributed by atoms with Crippen LogP contribution in [0.25, 0.3) is 5.69 Å². The molecular weight excluding hydrogens is 384 g/mol. The highest BCUT2D eigenvalue weighted by Crippen LogP contribution is 2.13. The summed E-state index contributed by atoms with van der Waals surface area (Å²) in [6.45, 7) is 1.79. The van der Waals surface area contributed by atoms with Gasteiger partial charge in [0.2, 0.25) is 0 Å². The van der Waals surface area contributed by atoms with Crippen molar-refractivity contribution < 1.29 is 8.78 Å². The first-order valence-corrected chi connectivity index (χ1v) is 8.68. The maximum absolute atomic E-state index is 13.2. The van der Waals surface area contributed by atoms with E-state index in [2.05, 4.69) is 15.8 Å². The van der Waals surface area contributed by atoms with Crippen LogP contribution in [-0.4, -0.2) is 20.7 Å². The van der Waals surface area contributed by atoms with Gasteiger partial charge in [-0.3, -0.25) is 14.9 Å². The molecule has 0 aliphatic heterocycles. The highest BCUT2D eigenvalue weighted by molar-refractivity contribution is 7.80. The molecule has 0 spiro atoms. The molecule has 0 saturated heterocycles.